The number of aliphatic hydroxyl groups excluding tert-OH is 1. The number of esters is 1. The van der Waals surface area contributed by atoms with Crippen LogP contribution in [0.1, 0.15) is 71.7 Å². The van der Waals surface area contributed by atoms with Crippen molar-refractivity contribution in [3.63, 3.8) is 0 Å². The maximum atomic E-state index is 14.4. The molecule has 44 heavy (non-hydrogen) atoms. The molecule has 235 valence electrons. The normalized spacial score (nSPS) is 37.6. The minimum Gasteiger partial charge on any atom is -0.849 e. The molecule has 0 amide bonds. The van der Waals surface area contributed by atoms with Gasteiger partial charge in [-0.25, -0.2) is 4.79 Å². The smallest absolute Gasteiger partial charge is 0.849 e. The van der Waals surface area contributed by atoms with Crippen LogP contribution in [0.15, 0.2) is 41.5 Å². The third-order valence-corrected chi connectivity index (χ3v) is 16.5. The van der Waals surface area contributed by atoms with E-state index in [1.54, 1.807) is 51.1 Å². The van der Waals surface area contributed by atoms with Crippen molar-refractivity contribution in [3.8, 4) is 0 Å². The molecule has 2 N–H and O–H groups in total. The predicted octanol–water partition coefficient (Wildman–Crippen LogP) is 0.798. The van der Waals surface area contributed by atoms with Gasteiger partial charge in [0.15, 0.2) is 14.1 Å². The van der Waals surface area contributed by atoms with E-state index in [-0.39, 0.29) is 86.9 Å². The minimum atomic E-state index is -2.25. The molecule has 3 aliphatic carbocycles. The first kappa shape index (κ1) is 38.6. The fraction of sp³-hybridized carbons (Fsp3) is 0.697. The largest absolute Gasteiger partial charge is 1.00 e. The summed E-state index contributed by atoms with van der Waals surface area (Å²) in [5.74, 6) is -2.07. The molecule has 1 heterocycles. The standard InChI is InChI=1S/C33H47O8Si.Ac.Li/c1-8-42(9-2,10-3)41-24-16-23-21(18-39-23)26-29(40-30(37)20-14-12-11-13-15-20)33(38)17-22(34)19(4)25(31(33,5)6)27(35)28(36)32(24,26)7;;/h11-15,21-24,26,28-29,36,38H,8-10,16-18H2,1-7H3;;/q-1;;+1/t21-,22+,23-,24+,26?,28-,29+,32-,33-;;/m1../s1. The number of ketones is 1. The molecule has 1 radical (unpaired) electrons. The SMILES string of the molecule is CC[Si](CC)(CC)O[C@H]1C[C@H]2OC[C@H]2C2[C@H](OC(=O)c3ccccc3)[C@]3(O)C[C@H]([O-])C(C)=C(C(=O)[C@@H](O)[C@@]21C)C3(C)C.[Ac].[Li+]. The van der Waals surface area contributed by atoms with Crippen LogP contribution in [0.5, 0.6) is 0 Å². The number of fused-ring (bicyclic) bond motifs is 5. The number of carbonyl (C=O) groups excluding carboxylic acids is 2. The molecular weight excluding hydrogens is 786 g/mol. The fourth-order valence-corrected chi connectivity index (χ4v) is 11.6. The summed E-state index contributed by atoms with van der Waals surface area (Å²) in [4.78, 5) is 28.2. The van der Waals surface area contributed by atoms with Crippen LogP contribution in [-0.4, -0.2) is 73.0 Å². The second-order valence-electron chi connectivity index (χ2n) is 13.8. The second-order valence-corrected chi connectivity index (χ2v) is 18.5. The number of benzene rings is 1. The van der Waals surface area contributed by atoms with Gasteiger partial charge in [-0.1, -0.05) is 65.3 Å². The van der Waals surface area contributed by atoms with Crippen molar-refractivity contribution in [1.29, 1.82) is 0 Å². The first-order valence-electron chi connectivity index (χ1n) is 15.6. The topological polar surface area (TPSA) is 125 Å². The Kier molecular flexibility index (Phi) is 12.2. The van der Waals surface area contributed by atoms with Gasteiger partial charge in [0.1, 0.15) is 17.8 Å². The molecule has 11 heteroatoms. The first-order valence-corrected chi connectivity index (χ1v) is 18.1. The molecule has 0 spiro atoms. The summed E-state index contributed by atoms with van der Waals surface area (Å²) >= 11 is 0. The van der Waals surface area contributed by atoms with E-state index in [9.17, 15) is 24.9 Å². The molecule has 2 saturated carbocycles. The van der Waals surface area contributed by atoms with Gasteiger partial charge in [-0.2, -0.15) is 0 Å². The van der Waals surface area contributed by atoms with Gasteiger partial charge in [0.2, 0.25) is 0 Å². The van der Waals surface area contributed by atoms with Crippen LogP contribution in [0, 0.1) is 66.7 Å². The van der Waals surface area contributed by atoms with Crippen LogP contribution in [0.2, 0.25) is 18.1 Å². The number of ether oxygens (including phenoxy) is 2. The molecule has 1 aliphatic heterocycles. The summed E-state index contributed by atoms with van der Waals surface area (Å²) in [5, 5.41) is 38.6. The molecule has 1 unspecified atom stereocenters. The summed E-state index contributed by atoms with van der Waals surface area (Å²) in [7, 11) is -2.25. The maximum absolute atomic E-state index is 14.4. The van der Waals surface area contributed by atoms with Crippen LogP contribution in [0.25, 0.3) is 0 Å². The number of hydrogen-bond acceptors (Lipinski definition) is 8. The monoisotopic (exact) mass is 833 g/mol. The van der Waals surface area contributed by atoms with Crippen LogP contribution in [-0.2, 0) is 18.7 Å². The Labute approximate surface area is 310 Å². The average molecular weight is 834 g/mol. The minimum absolute atomic E-state index is 0. The zero-order valence-corrected chi connectivity index (χ0v) is 33.3. The Morgan fingerprint density at radius 3 is 2.23 bits per heavy atom. The molecule has 3 fully saturated rings. The van der Waals surface area contributed by atoms with Gasteiger partial charge in [-0.05, 0) is 50.0 Å². The maximum Gasteiger partial charge on any atom is 1.00 e. The van der Waals surface area contributed by atoms with Gasteiger partial charge in [0, 0.05) is 72.3 Å². The van der Waals surface area contributed by atoms with Crippen molar-refractivity contribution < 1.29 is 102 Å². The quantitative estimate of drug-likeness (QED) is 0.306. The van der Waals surface area contributed by atoms with Crippen molar-refractivity contribution >= 4 is 20.1 Å². The first-order chi connectivity index (χ1) is 19.7. The van der Waals surface area contributed by atoms with E-state index in [0.717, 1.165) is 18.1 Å². The molecule has 1 aromatic rings. The molecule has 0 aromatic heterocycles. The molecule has 1 saturated heterocycles. The van der Waals surface area contributed by atoms with E-state index in [0.29, 0.717) is 24.2 Å². The van der Waals surface area contributed by atoms with Crippen molar-refractivity contribution in [2.45, 2.75) is 116 Å². The third kappa shape index (κ3) is 5.78. The number of hydrogen-bond donors (Lipinski definition) is 2. The predicted molar refractivity (Wildman–Crippen MR) is 158 cm³/mol. The Morgan fingerprint density at radius 2 is 1.70 bits per heavy atom. The van der Waals surface area contributed by atoms with Crippen molar-refractivity contribution in [2.24, 2.45) is 22.7 Å². The van der Waals surface area contributed by atoms with E-state index in [1.165, 1.54) is 0 Å². The van der Waals surface area contributed by atoms with E-state index >= 15 is 0 Å². The Bertz CT molecular complexity index is 1250. The summed E-state index contributed by atoms with van der Waals surface area (Å²) in [6, 6.07) is 11.2. The second kappa shape index (κ2) is 13.9. The molecule has 5 rings (SSSR count). The van der Waals surface area contributed by atoms with Crippen LogP contribution < -0.4 is 24.0 Å². The van der Waals surface area contributed by atoms with E-state index in [4.69, 9.17) is 13.9 Å². The number of rotatable bonds is 7. The van der Waals surface area contributed by atoms with Crippen molar-refractivity contribution in [3.05, 3.63) is 47.0 Å². The molecule has 1 aromatic carbocycles. The van der Waals surface area contributed by atoms with Crippen LogP contribution in [0.4, 0.5) is 0 Å². The average Bonchev–Trinajstić information content (AvgIpc) is 2.96. The van der Waals surface area contributed by atoms with Crippen LogP contribution >= 0.6 is 0 Å². The Morgan fingerprint density at radius 1 is 1.11 bits per heavy atom. The van der Waals surface area contributed by atoms with Gasteiger partial charge >= 0.3 is 24.8 Å². The van der Waals surface area contributed by atoms with Crippen molar-refractivity contribution in [2.75, 3.05) is 6.61 Å². The van der Waals surface area contributed by atoms with Crippen LogP contribution in [0.3, 0.4) is 0 Å². The summed E-state index contributed by atoms with van der Waals surface area (Å²) in [5.41, 5.74) is -3.59. The summed E-state index contributed by atoms with van der Waals surface area (Å²) in [6.45, 7) is 13.7. The van der Waals surface area contributed by atoms with Gasteiger partial charge in [0.05, 0.1) is 24.4 Å². The number of carbonyl (C=O) groups is 2. The molecule has 9 atom stereocenters. The zero-order chi connectivity index (χ0) is 30.8. The van der Waals surface area contributed by atoms with E-state index in [2.05, 4.69) is 20.8 Å². The van der Waals surface area contributed by atoms with Gasteiger partial charge < -0.3 is 29.2 Å². The van der Waals surface area contributed by atoms with E-state index in [1.807, 2.05) is 6.92 Å². The molecule has 4 aliphatic rings. The molecule has 8 nitrogen and oxygen atoms in total. The third-order valence-electron chi connectivity index (χ3n) is 11.8. The van der Waals surface area contributed by atoms with Gasteiger partial charge in [0.25, 0.3) is 0 Å². The zero-order valence-electron chi connectivity index (χ0n) is 27.6. The van der Waals surface area contributed by atoms with Gasteiger partial charge in [-0.3, -0.25) is 4.79 Å². The summed E-state index contributed by atoms with van der Waals surface area (Å²) < 4.78 is 19.5. The summed E-state index contributed by atoms with van der Waals surface area (Å²) in [6.07, 6.45) is -4.64. The number of Topliss-reactive ketones (excluding diaryl/α,β-unsaturated/α-hetero) is 1. The fourth-order valence-electron chi connectivity index (χ4n) is 8.63. The van der Waals surface area contributed by atoms with E-state index < -0.39 is 66.8 Å². The molecular formula is C33H47AcLiO8Si. The van der Waals surface area contributed by atoms with Crippen molar-refractivity contribution in [1.82, 2.24) is 0 Å². The molecule has 2 bridgehead atoms. The Balaban J connectivity index is 0.00000264. The number of aliphatic hydroxyl groups is 2. The van der Waals surface area contributed by atoms with Gasteiger partial charge in [-0.15, -0.1) is 6.10 Å². The Hall–Kier alpha value is 0.156.